The number of nitrogen functional groups attached to an aromatic ring is 1. The Morgan fingerprint density at radius 1 is 1.32 bits per heavy atom. The van der Waals surface area contributed by atoms with Crippen molar-refractivity contribution in [3.05, 3.63) is 51.7 Å². The SMILES string of the molecule is Nc1ccsc1C(=O)OC1CCCc2ccccc21. The Balaban J connectivity index is 1.82. The first-order chi connectivity index (χ1) is 9.25. The van der Waals surface area contributed by atoms with Crippen LogP contribution in [-0.4, -0.2) is 5.97 Å². The van der Waals surface area contributed by atoms with Gasteiger partial charge < -0.3 is 10.5 Å². The Morgan fingerprint density at radius 2 is 2.16 bits per heavy atom. The lowest BCUT2D eigenvalue weighted by atomic mass is 9.89. The van der Waals surface area contributed by atoms with Gasteiger partial charge in [0.15, 0.2) is 0 Å². The van der Waals surface area contributed by atoms with Gasteiger partial charge >= 0.3 is 5.97 Å². The number of ether oxygens (including phenoxy) is 1. The number of esters is 1. The van der Waals surface area contributed by atoms with Gasteiger partial charge in [0.25, 0.3) is 0 Å². The maximum Gasteiger partial charge on any atom is 0.351 e. The third kappa shape index (κ3) is 2.36. The van der Waals surface area contributed by atoms with E-state index in [1.54, 1.807) is 11.4 Å². The number of carbonyl (C=O) groups excluding carboxylic acids is 1. The average Bonchev–Trinajstić information content (AvgIpc) is 2.85. The van der Waals surface area contributed by atoms with E-state index in [9.17, 15) is 4.79 Å². The maximum absolute atomic E-state index is 12.1. The molecule has 1 aromatic heterocycles. The molecule has 19 heavy (non-hydrogen) atoms. The molecule has 0 amide bonds. The minimum Gasteiger partial charge on any atom is -0.453 e. The second kappa shape index (κ2) is 5.05. The molecule has 0 radical (unpaired) electrons. The molecule has 0 aliphatic heterocycles. The number of nitrogens with two attached hydrogens (primary N) is 1. The van der Waals surface area contributed by atoms with Gasteiger partial charge in [0.05, 0.1) is 5.69 Å². The minimum absolute atomic E-state index is 0.140. The second-order valence-corrected chi connectivity index (χ2v) is 5.61. The number of hydrogen-bond acceptors (Lipinski definition) is 4. The maximum atomic E-state index is 12.1. The van der Waals surface area contributed by atoms with Crippen LogP contribution in [0.5, 0.6) is 0 Å². The van der Waals surface area contributed by atoms with E-state index in [1.807, 2.05) is 18.2 Å². The lowest BCUT2D eigenvalue weighted by Crippen LogP contribution is -2.16. The highest BCUT2D eigenvalue weighted by Crippen LogP contribution is 2.33. The lowest BCUT2D eigenvalue weighted by Gasteiger charge is -2.25. The van der Waals surface area contributed by atoms with E-state index in [-0.39, 0.29) is 12.1 Å². The zero-order valence-corrected chi connectivity index (χ0v) is 11.3. The fraction of sp³-hybridized carbons (Fsp3) is 0.267. The van der Waals surface area contributed by atoms with Crippen molar-refractivity contribution in [2.75, 3.05) is 5.73 Å². The van der Waals surface area contributed by atoms with Crippen molar-refractivity contribution in [3.63, 3.8) is 0 Å². The summed E-state index contributed by atoms with van der Waals surface area (Å²) in [6.45, 7) is 0. The minimum atomic E-state index is -0.311. The summed E-state index contributed by atoms with van der Waals surface area (Å²) in [5.41, 5.74) is 8.67. The second-order valence-electron chi connectivity index (χ2n) is 4.69. The fourth-order valence-corrected chi connectivity index (χ4v) is 3.20. The first-order valence-corrected chi connectivity index (χ1v) is 7.25. The van der Waals surface area contributed by atoms with Crippen molar-refractivity contribution in [1.82, 2.24) is 0 Å². The van der Waals surface area contributed by atoms with Crippen molar-refractivity contribution >= 4 is 23.0 Å². The molecule has 0 bridgehead atoms. The largest absolute Gasteiger partial charge is 0.453 e. The van der Waals surface area contributed by atoms with E-state index in [1.165, 1.54) is 16.9 Å². The van der Waals surface area contributed by atoms with Crippen molar-refractivity contribution in [3.8, 4) is 0 Å². The number of hydrogen-bond donors (Lipinski definition) is 1. The first-order valence-electron chi connectivity index (χ1n) is 6.37. The van der Waals surface area contributed by atoms with Crippen LogP contribution in [0.25, 0.3) is 0 Å². The van der Waals surface area contributed by atoms with Gasteiger partial charge in [0, 0.05) is 0 Å². The van der Waals surface area contributed by atoms with Gasteiger partial charge in [-0.05, 0) is 41.8 Å². The van der Waals surface area contributed by atoms with Gasteiger partial charge in [-0.25, -0.2) is 4.79 Å². The third-order valence-corrected chi connectivity index (χ3v) is 4.36. The lowest BCUT2D eigenvalue weighted by molar-refractivity contribution is 0.0263. The molecule has 0 spiro atoms. The fourth-order valence-electron chi connectivity index (χ4n) is 2.50. The van der Waals surface area contributed by atoms with Crippen LogP contribution in [0.2, 0.25) is 0 Å². The van der Waals surface area contributed by atoms with Crippen molar-refractivity contribution in [1.29, 1.82) is 0 Å². The van der Waals surface area contributed by atoms with Crippen molar-refractivity contribution in [2.45, 2.75) is 25.4 Å². The molecule has 1 atom stereocenters. The molecular formula is C15H15NO2S. The summed E-state index contributed by atoms with van der Waals surface area (Å²) in [5, 5.41) is 1.81. The number of fused-ring (bicyclic) bond motifs is 1. The summed E-state index contributed by atoms with van der Waals surface area (Å²) in [6.07, 6.45) is 2.85. The molecule has 4 heteroatoms. The van der Waals surface area contributed by atoms with Crippen LogP contribution >= 0.6 is 11.3 Å². The zero-order valence-electron chi connectivity index (χ0n) is 10.5. The van der Waals surface area contributed by atoms with E-state index in [2.05, 4.69) is 6.07 Å². The molecule has 1 aliphatic rings. The Morgan fingerprint density at radius 3 is 2.95 bits per heavy atom. The summed E-state index contributed by atoms with van der Waals surface area (Å²) < 4.78 is 5.63. The Kier molecular flexibility index (Phi) is 3.25. The Labute approximate surface area is 116 Å². The number of anilines is 1. The molecule has 0 fully saturated rings. The number of aryl methyl sites for hydroxylation is 1. The van der Waals surface area contributed by atoms with Crippen LogP contribution in [0.4, 0.5) is 5.69 Å². The predicted molar refractivity (Wildman–Crippen MR) is 76.3 cm³/mol. The normalized spacial score (nSPS) is 17.8. The summed E-state index contributed by atoms with van der Waals surface area (Å²) in [5.74, 6) is -0.311. The van der Waals surface area contributed by atoms with E-state index < -0.39 is 0 Å². The summed E-state index contributed by atoms with van der Waals surface area (Å²) in [6, 6.07) is 9.90. The van der Waals surface area contributed by atoms with Gasteiger partial charge in [-0.1, -0.05) is 24.3 Å². The zero-order chi connectivity index (χ0) is 13.2. The molecule has 2 aromatic rings. The predicted octanol–water partition coefficient (Wildman–Crippen LogP) is 3.56. The van der Waals surface area contributed by atoms with E-state index in [0.717, 1.165) is 24.8 Å². The Bertz CT molecular complexity index is 606. The van der Waals surface area contributed by atoms with Crippen molar-refractivity contribution in [2.24, 2.45) is 0 Å². The number of thiophene rings is 1. The van der Waals surface area contributed by atoms with Gasteiger partial charge in [0.2, 0.25) is 0 Å². The molecule has 1 aliphatic carbocycles. The molecule has 0 saturated heterocycles. The molecular weight excluding hydrogens is 258 g/mol. The smallest absolute Gasteiger partial charge is 0.351 e. The average molecular weight is 273 g/mol. The third-order valence-electron chi connectivity index (χ3n) is 3.44. The first kappa shape index (κ1) is 12.2. The topological polar surface area (TPSA) is 52.3 Å². The molecule has 1 heterocycles. The van der Waals surface area contributed by atoms with Gasteiger partial charge in [-0.2, -0.15) is 0 Å². The number of carbonyl (C=O) groups is 1. The number of rotatable bonds is 2. The van der Waals surface area contributed by atoms with Crippen LogP contribution in [0.3, 0.4) is 0 Å². The monoisotopic (exact) mass is 273 g/mol. The molecule has 1 aromatic carbocycles. The number of benzene rings is 1. The molecule has 98 valence electrons. The van der Waals surface area contributed by atoms with Gasteiger partial charge in [-0.15, -0.1) is 11.3 Å². The van der Waals surface area contributed by atoms with Crippen LogP contribution in [-0.2, 0) is 11.2 Å². The van der Waals surface area contributed by atoms with E-state index in [0.29, 0.717) is 10.6 Å². The molecule has 3 rings (SSSR count). The van der Waals surface area contributed by atoms with Crippen LogP contribution in [0.1, 0.15) is 39.7 Å². The highest BCUT2D eigenvalue weighted by atomic mass is 32.1. The summed E-state index contributed by atoms with van der Waals surface area (Å²) in [7, 11) is 0. The van der Waals surface area contributed by atoms with Crippen molar-refractivity contribution < 1.29 is 9.53 Å². The highest BCUT2D eigenvalue weighted by molar-refractivity contribution is 7.12. The molecule has 3 nitrogen and oxygen atoms in total. The van der Waals surface area contributed by atoms with E-state index in [4.69, 9.17) is 10.5 Å². The molecule has 2 N–H and O–H groups in total. The molecule has 0 saturated carbocycles. The Hall–Kier alpha value is -1.81. The standard InChI is InChI=1S/C15H15NO2S/c16-12-8-9-19-14(12)15(17)18-13-7-3-5-10-4-1-2-6-11(10)13/h1-2,4,6,8-9,13H,3,5,7,16H2. The quantitative estimate of drug-likeness (QED) is 0.851. The highest BCUT2D eigenvalue weighted by Gasteiger charge is 2.24. The van der Waals surface area contributed by atoms with Gasteiger partial charge in [0.1, 0.15) is 11.0 Å². The van der Waals surface area contributed by atoms with Crippen LogP contribution in [0, 0.1) is 0 Å². The van der Waals surface area contributed by atoms with Gasteiger partial charge in [-0.3, -0.25) is 0 Å². The summed E-state index contributed by atoms with van der Waals surface area (Å²) in [4.78, 5) is 12.6. The summed E-state index contributed by atoms with van der Waals surface area (Å²) >= 11 is 1.33. The van der Waals surface area contributed by atoms with Crippen LogP contribution < -0.4 is 5.73 Å². The van der Waals surface area contributed by atoms with E-state index >= 15 is 0 Å². The van der Waals surface area contributed by atoms with Crippen LogP contribution in [0.15, 0.2) is 35.7 Å². The molecule has 1 unspecified atom stereocenters.